The van der Waals surface area contributed by atoms with Crippen LogP contribution in [0, 0.1) is 17.7 Å². The molecule has 0 amide bonds. The fourth-order valence-corrected chi connectivity index (χ4v) is 3.03. The van der Waals surface area contributed by atoms with Crippen molar-refractivity contribution in [2.24, 2.45) is 11.1 Å². The molecule has 0 radical (unpaired) electrons. The zero-order valence-electron chi connectivity index (χ0n) is 16.5. The van der Waals surface area contributed by atoms with Gasteiger partial charge in [-0.2, -0.15) is 4.98 Å². The maximum atomic E-state index is 12.3. The quantitative estimate of drug-likeness (QED) is 0.314. The van der Waals surface area contributed by atoms with Gasteiger partial charge >= 0.3 is 5.69 Å². The summed E-state index contributed by atoms with van der Waals surface area (Å²) in [6.45, 7) is 8.28. The normalized spacial score (nSPS) is 11.7. The van der Waals surface area contributed by atoms with Crippen molar-refractivity contribution in [1.82, 2.24) is 25.2 Å². The Balaban J connectivity index is 1.65. The molecule has 0 atom stereocenters. The molecule has 28 heavy (non-hydrogen) atoms. The second kappa shape index (κ2) is 7.85. The summed E-state index contributed by atoms with van der Waals surface area (Å²) in [6.07, 6.45) is 1.81. The Labute approximate surface area is 163 Å². The number of hydrogen-bond donors (Lipinski definition) is 5. The zero-order valence-corrected chi connectivity index (χ0v) is 16.5. The summed E-state index contributed by atoms with van der Waals surface area (Å²) in [5.74, 6) is -0.0126. The number of fused-ring (bicyclic) bond motifs is 1. The molecule has 3 rings (SSSR count). The highest BCUT2D eigenvalue weighted by Crippen LogP contribution is 2.15. The number of aryl methyl sites for hydroxylation is 1. The Kier molecular flexibility index (Phi) is 5.51. The summed E-state index contributed by atoms with van der Waals surface area (Å²) < 4.78 is 1.56. The van der Waals surface area contributed by atoms with Crippen LogP contribution in [0.1, 0.15) is 25.1 Å². The monoisotopic (exact) mass is 381 g/mol. The van der Waals surface area contributed by atoms with E-state index < -0.39 is 0 Å². The Hall–Kier alpha value is -3.13. The van der Waals surface area contributed by atoms with Crippen molar-refractivity contribution in [1.29, 1.82) is 5.41 Å². The van der Waals surface area contributed by atoms with Gasteiger partial charge < -0.3 is 21.4 Å². The molecule has 2 aromatic heterocycles. The fourth-order valence-electron chi connectivity index (χ4n) is 3.03. The second-order valence-electron chi connectivity index (χ2n) is 7.85. The van der Waals surface area contributed by atoms with E-state index in [4.69, 9.17) is 11.1 Å². The van der Waals surface area contributed by atoms with Gasteiger partial charge in [0.25, 0.3) is 0 Å². The number of nitrogens with one attached hydrogen (secondary N) is 4. The summed E-state index contributed by atoms with van der Waals surface area (Å²) in [5, 5.41) is 14.4. The van der Waals surface area contributed by atoms with Crippen molar-refractivity contribution in [3.63, 3.8) is 0 Å². The maximum absolute atomic E-state index is 12.3. The van der Waals surface area contributed by atoms with Gasteiger partial charge in [-0.15, -0.1) is 0 Å². The van der Waals surface area contributed by atoms with Crippen LogP contribution in [0.4, 0.5) is 0 Å². The van der Waals surface area contributed by atoms with Gasteiger partial charge in [-0.1, -0.05) is 26.0 Å². The van der Waals surface area contributed by atoms with E-state index >= 15 is 0 Å². The van der Waals surface area contributed by atoms with Gasteiger partial charge in [-0.05, 0) is 36.1 Å². The number of aromatic amines is 1. The summed E-state index contributed by atoms with van der Waals surface area (Å²) in [6, 6.07) is 9.82. The first kappa shape index (κ1) is 19.6. The largest absolute Gasteiger partial charge is 0.370 e. The highest BCUT2D eigenvalue weighted by atomic mass is 16.1. The third-order valence-electron chi connectivity index (χ3n) is 4.55. The highest BCUT2D eigenvalue weighted by Gasteiger charge is 2.17. The van der Waals surface area contributed by atoms with E-state index in [9.17, 15) is 4.79 Å². The molecule has 0 aliphatic rings. The molecule has 2 heterocycles. The average Bonchev–Trinajstić information content (AvgIpc) is 2.99. The minimum Gasteiger partial charge on any atom is -0.370 e. The molecular formula is C20H27N7O. The average molecular weight is 381 g/mol. The lowest BCUT2D eigenvalue weighted by atomic mass is 9.93. The molecule has 8 nitrogen and oxygen atoms in total. The smallest absolute Gasteiger partial charge is 0.354 e. The number of nitrogens with zero attached hydrogens (tertiary/aromatic N) is 2. The molecule has 3 aromatic rings. The molecule has 0 unspecified atom stereocenters. The summed E-state index contributed by atoms with van der Waals surface area (Å²) in [4.78, 5) is 19.5. The number of benzene rings is 1. The van der Waals surface area contributed by atoms with E-state index in [2.05, 4.69) is 34.4 Å². The molecule has 0 spiro atoms. The van der Waals surface area contributed by atoms with Crippen LogP contribution in [0.5, 0.6) is 0 Å². The molecule has 0 saturated carbocycles. The van der Waals surface area contributed by atoms with Crippen molar-refractivity contribution in [2.75, 3.05) is 13.1 Å². The van der Waals surface area contributed by atoms with Crippen LogP contribution in [-0.4, -0.2) is 33.6 Å². The standard InChI is InChI=1S/C20H27N7O/c1-13-8-15-10-27(19(28)26-17(15)25-13)16-6-4-14(5-7-16)9-23-11-20(2,3)12-24-18(21)22/h4-8,10,23H,9,11-12H2,1-3H3,(H4,21,22,24)(H,25,26,28). The first-order valence-electron chi connectivity index (χ1n) is 9.20. The maximum Gasteiger partial charge on any atom is 0.354 e. The van der Waals surface area contributed by atoms with E-state index in [-0.39, 0.29) is 17.1 Å². The summed E-state index contributed by atoms with van der Waals surface area (Å²) in [5.41, 5.74) is 8.50. The van der Waals surface area contributed by atoms with E-state index in [1.165, 1.54) is 0 Å². The highest BCUT2D eigenvalue weighted by molar-refractivity contribution is 5.75. The van der Waals surface area contributed by atoms with Gasteiger partial charge in [0.05, 0.1) is 5.69 Å². The molecule has 1 aromatic carbocycles. The van der Waals surface area contributed by atoms with E-state index in [0.717, 1.165) is 28.9 Å². The lowest BCUT2D eigenvalue weighted by Gasteiger charge is -2.25. The molecule has 0 bridgehead atoms. The number of H-pyrrole nitrogens is 1. The van der Waals surface area contributed by atoms with E-state index in [1.807, 2.05) is 43.5 Å². The minimum atomic E-state index is -0.306. The third kappa shape index (κ3) is 4.77. The van der Waals surface area contributed by atoms with Gasteiger partial charge in [-0.3, -0.25) is 9.98 Å². The van der Waals surface area contributed by atoms with Crippen LogP contribution in [0.3, 0.4) is 0 Å². The first-order chi connectivity index (χ1) is 13.2. The molecule has 6 N–H and O–H groups in total. The molecule has 0 aliphatic heterocycles. The van der Waals surface area contributed by atoms with Crippen LogP contribution >= 0.6 is 0 Å². The molecular weight excluding hydrogens is 354 g/mol. The summed E-state index contributed by atoms with van der Waals surface area (Å²) >= 11 is 0. The third-order valence-corrected chi connectivity index (χ3v) is 4.55. The van der Waals surface area contributed by atoms with Gasteiger partial charge in [0.1, 0.15) is 5.65 Å². The number of nitrogens with two attached hydrogens (primary N) is 1. The Morgan fingerprint density at radius 1 is 1.29 bits per heavy atom. The second-order valence-corrected chi connectivity index (χ2v) is 7.85. The van der Waals surface area contributed by atoms with Crippen molar-refractivity contribution >= 4 is 17.0 Å². The topological polar surface area (TPSA) is 125 Å². The first-order valence-corrected chi connectivity index (χ1v) is 9.20. The van der Waals surface area contributed by atoms with Gasteiger partial charge in [0.2, 0.25) is 0 Å². The van der Waals surface area contributed by atoms with Crippen molar-refractivity contribution < 1.29 is 0 Å². The number of aromatic nitrogens is 3. The minimum absolute atomic E-state index is 0.0126. The Morgan fingerprint density at radius 2 is 2.00 bits per heavy atom. The number of hydrogen-bond acceptors (Lipinski definition) is 4. The summed E-state index contributed by atoms with van der Waals surface area (Å²) in [7, 11) is 0. The Morgan fingerprint density at radius 3 is 2.68 bits per heavy atom. The predicted octanol–water partition coefficient (Wildman–Crippen LogP) is 1.62. The molecule has 8 heteroatoms. The van der Waals surface area contributed by atoms with E-state index in [0.29, 0.717) is 18.7 Å². The van der Waals surface area contributed by atoms with Crippen molar-refractivity contribution in [3.8, 4) is 5.69 Å². The SMILES string of the molecule is Cc1cc2cn(-c3ccc(CNCC(C)(C)CNC(=N)N)cc3)c(=O)nc2[nH]1. The van der Waals surface area contributed by atoms with E-state index in [1.54, 1.807) is 4.57 Å². The molecule has 0 saturated heterocycles. The Bertz CT molecular complexity index is 1030. The molecule has 0 aliphatic carbocycles. The lowest BCUT2D eigenvalue weighted by Crippen LogP contribution is -2.42. The van der Waals surface area contributed by atoms with Crippen LogP contribution in [0.15, 0.2) is 41.3 Å². The number of guanidine groups is 1. The zero-order chi connectivity index (χ0) is 20.3. The van der Waals surface area contributed by atoms with Crippen molar-refractivity contribution in [2.45, 2.75) is 27.3 Å². The van der Waals surface area contributed by atoms with Crippen LogP contribution < -0.4 is 22.1 Å². The predicted molar refractivity (Wildman–Crippen MR) is 112 cm³/mol. The molecule has 148 valence electrons. The molecule has 0 fully saturated rings. The fraction of sp³-hybridized carbons (Fsp3) is 0.350. The number of rotatable bonds is 7. The van der Waals surface area contributed by atoms with Gasteiger partial charge in [0, 0.05) is 36.9 Å². The van der Waals surface area contributed by atoms with Gasteiger partial charge in [0.15, 0.2) is 5.96 Å². The van der Waals surface area contributed by atoms with Crippen LogP contribution in [0.2, 0.25) is 0 Å². The van der Waals surface area contributed by atoms with Crippen LogP contribution in [-0.2, 0) is 6.54 Å². The van der Waals surface area contributed by atoms with Gasteiger partial charge in [-0.25, -0.2) is 4.79 Å². The lowest BCUT2D eigenvalue weighted by molar-refractivity contribution is 0.337. The van der Waals surface area contributed by atoms with Crippen LogP contribution in [0.25, 0.3) is 16.7 Å². The van der Waals surface area contributed by atoms with Crippen molar-refractivity contribution in [3.05, 3.63) is 58.3 Å².